The molecule has 0 aliphatic heterocycles. The fourth-order valence-corrected chi connectivity index (χ4v) is 4.86. The third kappa shape index (κ3) is 6.46. The van der Waals surface area contributed by atoms with Crippen molar-refractivity contribution in [1.29, 1.82) is 0 Å². The number of ether oxygens (including phenoxy) is 1. The van der Waals surface area contributed by atoms with Crippen molar-refractivity contribution in [3.63, 3.8) is 0 Å². The van der Waals surface area contributed by atoms with E-state index in [-0.39, 0.29) is 22.7 Å². The zero-order valence-electron chi connectivity index (χ0n) is 22.5. The molecular formula is C31H23ClF4N4O3. The number of carbonyl (C=O) groups excluding carboxylic acids is 1. The van der Waals surface area contributed by atoms with Gasteiger partial charge in [0.25, 0.3) is 6.43 Å². The third-order valence-electron chi connectivity index (χ3n) is 6.85. The Morgan fingerprint density at radius 3 is 2.37 bits per heavy atom. The lowest BCUT2D eigenvalue weighted by Gasteiger charge is -2.17. The SMILES string of the molecule is COC(=O)Nc1ccc(-c2c[nH]c(C(Cc3ccc(F)cc3)c3ccc(-c4c(C(F)F)ccc(Cl)c4F)c[n+]3[O-])n2)cc1. The van der Waals surface area contributed by atoms with Gasteiger partial charge in [-0.25, -0.2) is 27.3 Å². The number of H-pyrrole nitrogens is 1. The molecule has 5 aromatic rings. The van der Waals surface area contributed by atoms with E-state index in [0.717, 1.165) is 18.3 Å². The number of alkyl halides is 2. The number of carbonyl (C=O) groups is 1. The summed E-state index contributed by atoms with van der Waals surface area (Å²) in [5.41, 5.74) is 1.52. The van der Waals surface area contributed by atoms with Crippen LogP contribution in [0.1, 0.15) is 35.0 Å². The van der Waals surface area contributed by atoms with Crippen LogP contribution in [0, 0.1) is 16.8 Å². The highest BCUT2D eigenvalue weighted by atomic mass is 35.5. The summed E-state index contributed by atoms with van der Waals surface area (Å²) in [6, 6.07) is 17.4. The predicted octanol–water partition coefficient (Wildman–Crippen LogP) is 7.80. The number of aromatic nitrogens is 3. The number of benzene rings is 3. The standard InChI is InChI=1S/C31H23ClF4N4O3/c1-43-31(41)38-21-9-4-18(5-10-21)25-15-37-30(39-25)23(14-17-2-7-20(33)8-3-17)26-13-6-19(16-40(26)42)27-22(29(35)36)11-12-24(32)28(27)34/h2-13,15-16,23,29H,14H2,1H3,(H,37,39)(H,38,41). The van der Waals surface area contributed by atoms with Gasteiger partial charge < -0.3 is 14.9 Å². The van der Waals surface area contributed by atoms with Crippen LogP contribution in [-0.2, 0) is 11.2 Å². The van der Waals surface area contributed by atoms with E-state index in [1.807, 2.05) is 0 Å². The number of amides is 1. The van der Waals surface area contributed by atoms with Gasteiger partial charge in [0.15, 0.2) is 6.20 Å². The van der Waals surface area contributed by atoms with Crippen LogP contribution in [0.3, 0.4) is 0 Å². The Labute approximate surface area is 248 Å². The molecule has 1 atom stereocenters. The lowest BCUT2D eigenvalue weighted by Crippen LogP contribution is -2.34. The van der Waals surface area contributed by atoms with E-state index in [1.165, 1.54) is 31.4 Å². The zero-order chi connectivity index (χ0) is 30.7. The minimum Gasteiger partial charge on any atom is -0.618 e. The first-order valence-electron chi connectivity index (χ1n) is 12.9. The second kappa shape index (κ2) is 12.5. The molecule has 1 unspecified atom stereocenters. The Morgan fingerprint density at radius 2 is 1.72 bits per heavy atom. The minimum absolute atomic E-state index is 0.0737. The Kier molecular flexibility index (Phi) is 8.63. The second-order valence-corrected chi connectivity index (χ2v) is 9.95. The van der Waals surface area contributed by atoms with Gasteiger partial charge in [-0.3, -0.25) is 5.32 Å². The van der Waals surface area contributed by atoms with Crippen molar-refractivity contribution in [3.8, 4) is 22.4 Å². The Bertz CT molecular complexity index is 1760. The summed E-state index contributed by atoms with van der Waals surface area (Å²) in [6.07, 6.45) is -0.719. The summed E-state index contributed by atoms with van der Waals surface area (Å²) in [5.74, 6) is -1.77. The molecule has 12 heteroatoms. The van der Waals surface area contributed by atoms with Gasteiger partial charge in [-0.1, -0.05) is 41.9 Å². The number of anilines is 1. The lowest BCUT2D eigenvalue weighted by molar-refractivity contribution is -0.614. The molecule has 0 aliphatic carbocycles. The normalized spacial score (nSPS) is 11.9. The van der Waals surface area contributed by atoms with Crippen LogP contribution in [0.25, 0.3) is 22.4 Å². The van der Waals surface area contributed by atoms with Crippen LogP contribution in [0.2, 0.25) is 5.02 Å². The molecule has 0 spiro atoms. The van der Waals surface area contributed by atoms with Crippen molar-refractivity contribution in [2.75, 3.05) is 12.4 Å². The number of aromatic amines is 1. The first kappa shape index (κ1) is 29.6. The number of rotatable bonds is 8. The smallest absolute Gasteiger partial charge is 0.411 e. The Hall–Kier alpha value is -4.90. The highest BCUT2D eigenvalue weighted by Gasteiger charge is 2.28. The number of halogens is 5. The average molecular weight is 611 g/mol. The maximum atomic E-state index is 14.9. The summed E-state index contributed by atoms with van der Waals surface area (Å²) < 4.78 is 61.0. The topological polar surface area (TPSA) is 94.0 Å². The van der Waals surface area contributed by atoms with Gasteiger partial charge in [-0.15, -0.1) is 0 Å². The molecule has 43 heavy (non-hydrogen) atoms. The second-order valence-electron chi connectivity index (χ2n) is 9.54. The van der Waals surface area contributed by atoms with E-state index in [4.69, 9.17) is 16.6 Å². The first-order chi connectivity index (χ1) is 20.6. The molecule has 0 fully saturated rings. The Balaban J connectivity index is 1.53. The third-order valence-corrected chi connectivity index (χ3v) is 7.14. The fourth-order valence-electron chi connectivity index (χ4n) is 4.70. The van der Waals surface area contributed by atoms with Gasteiger partial charge in [-0.2, -0.15) is 4.73 Å². The number of hydrogen-bond acceptors (Lipinski definition) is 4. The number of methoxy groups -OCH3 is 1. The van der Waals surface area contributed by atoms with Crippen molar-refractivity contribution in [1.82, 2.24) is 9.97 Å². The molecule has 0 saturated carbocycles. The van der Waals surface area contributed by atoms with Gasteiger partial charge >= 0.3 is 6.09 Å². The molecular weight excluding hydrogens is 588 g/mol. The minimum atomic E-state index is -3.00. The van der Waals surface area contributed by atoms with Crippen LogP contribution in [0.5, 0.6) is 0 Å². The summed E-state index contributed by atoms with van der Waals surface area (Å²) >= 11 is 5.87. The number of pyridine rings is 1. The van der Waals surface area contributed by atoms with Gasteiger partial charge in [0.05, 0.1) is 23.4 Å². The van der Waals surface area contributed by atoms with Crippen molar-refractivity contribution in [2.24, 2.45) is 0 Å². The predicted molar refractivity (Wildman–Crippen MR) is 153 cm³/mol. The van der Waals surface area contributed by atoms with Crippen molar-refractivity contribution >= 4 is 23.4 Å². The van der Waals surface area contributed by atoms with E-state index in [9.17, 15) is 27.6 Å². The molecule has 2 aromatic heterocycles. The summed E-state index contributed by atoms with van der Waals surface area (Å²) in [7, 11) is 1.26. The van der Waals surface area contributed by atoms with Crippen LogP contribution in [-0.4, -0.2) is 23.2 Å². The van der Waals surface area contributed by atoms with Crippen molar-refractivity contribution < 1.29 is 31.8 Å². The van der Waals surface area contributed by atoms with E-state index in [0.29, 0.717) is 33.1 Å². The molecule has 0 aliphatic rings. The van der Waals surface area contributed by atoms with Crippen LogP contribution < -0.4 is 10.0 Å². The molecule has 2 N–H and O–H groups in total. The molecule has 0 saturated heterocycles. The molecule has 2 heterocycles. The lowest BCUT2D eigenvalue weighted by atomic mass is 9.93. The summed E-state index contributed by atoms with van der Waals surface area (Å²) in [4.78, 5) is 19.3. The van der Waals surface area contributed by atoms with E-state index in [1.54, 1.807) is 42.6 Å². The Morgan fingerprint density at radius 1 is 1.02 bits per heavy atom. The number of hydrogen-bond donors (Lipinski definition) is 2. The van der Waals surface area contributed by atoms with Crippen molar-refractivity contribution in [2.45, 2.75) is 18.8 Å². The van der Waals surface area contributed by atoms with Crippen LogP contribution in [0.4, 0.5) is 28.0 Å². The summed E-state index contributed by atoms with van der Waals surface area (Å²) in [5, 5.41) is 15.6. The van der Waals surface area contributed by atoms with Gasteiger partial charge in [0, 0.05) is 34.6 Å². The number of imidazole rings is 1. The zero-order valence-corrected chi connectivity index (χ0v) is 23.2. The number of nitrogens with one attached hydrogen (secondary N) is 2. The van der Waals surface area contributed by atoms with Crippen LogP contribution in [0.15, 0.2) is 85.2 Å². The van der Waals surface area contributed by atoms with E-state index >= 15 is 0 Å². The summed E-state index contributed by atoms with van der Waals surface area (Å²) in [6.45, 7) is 0. The van der Waals surface area contributed by atoms with Gasteiger partial charge in [0.1, 0.15) is 23.4 Å². The maximum Gasteiger partial charge on any atom is 0.411 e. The highest BCUT2D eigenvalue weighted by molar-refractivity contribution is 6.31. The number of nitrogens with zero attached hydrogens (tertiary/aromatic N) is 2. The fraction of sp³-hybridized carbons (Fsp3) is 0.129. The quantitative estimate of drug-likeness (QED) is 0.106. The molecule has 7 nitrogen and oxygen atoms in total. The molecule has 3 aromatic carbocycles. The van der Waals surface area contributed by atoms with Crippen LogP contribution >= 0.6 is 11.6 Å². The molecule has 0 bridgehead atoms. The molecule has 0 radical (unpaired) electrons. The maximum absolute atomic E-state index is 14.9. The van der Waals surface area contributed by atoms with E-state index in [2.05, 4.69) is 15.0 Å². The van der Waals surface area contributed by atoms with E-state index < -0.39 is 41.2 Å². The average Bonchev–Trinajstić information content (AvgIpc) is 3.48. The molecule has 5 rings (SSSR count). The monoisotopic (exact) mass is 610 g/mol. The molecule has 220 valence electrons. The largest absolute Gasteiger partial charge is 0.618 e. The molecule has 1 amide bonds. The van der Waals surface area contributed by atoms with Gasteiger partial charge in [0.2, 0.25) is 5.69 Å². The first-order valence-corrected chi connectivity index (χ1v) is 13.3. The highest BCUT2D eigenvalue weighted by Crippen LogP contribution is 2.37. The van der Waals surface area contributed by atoms with Crippen molar-refractivity contribution in [3.05, 3.63) is 130 Å². The van der Waals surface area contributed by atoms with Gasteiger partial charge in [-0.05, 0) is 48.4 Å².